The van der Waals surface area contributed by atoms with E-state index in [1.165, 1.54) is 6.42 Å². The molecule has 1 fully saturated rings. The van der Waals surface area contributed by atoms with Crippen molar-refractivity contribution < 1.29 is 14.3 Å². The summed E-state index contributed by atoms with van der Waals surface area (Å²) < 4.78 is 5.75. The zero-order valence-electron chi connectivity index (χ0n) is 15.7. The van der Waals surface area contributed by atoms with Crippen LogP contribution >= 0.6 is 0 Å². The van der Waals surface area contributed by atoms with Gasteiger partial charge in [0.15, 0.2) is 0 Å². The molecule has 0 unspecified atom stereocenters. The Balaban J connectivity index is 1.85. The number of urea groups is 1. The van der Waals surface area contributed by atoms with Crippen molar-refractivity contribution in [1.29, 1.82) is 0 Å². The third-order valence-corrected chi connectivity index (χ3v) is 5.06. The Hall–Kier alpha value is -2.50. The molecule has 1 aliphatic heterocycles. The molecule has 2 amide bonds. The average molecular weight is 357 g/mol. The highest BCUT2D eigenvalue weighted by Gasteiger charge is 2.33. The summed E-state index contributed by atoms with van der Waals surface area (Å²) in [5, 5.41) is 5.55. The van der Waals surface area contributed by atoms with E-state index in [0.717, 1.165) is 36.9 Å². The topological polar surface area (TPSA) is 70.7 Å². The van der Waals surface area contributed by atoms with Crippen molar-refractivity contribution in [2.24, 2.45) is 0 Å². The van der Waals surface area contributed by atoms with Gasteiger partial charge in [0.05, 0.1) is 11.6 Å². The summed E-state index contributed by atoms with van der Waals surface area (Å²) in [6.45, 7) is 1.75. The molecule has 0 bridgehead atoms. The Morgan fingerprint density at radius 2 is 1.77 bits per heavy atom. The predicted octanol–water partition coefficient (Wildman–Crippen LogP) is 3.26. The third kappa shape index (κ3) is 4.00. The molecule has 0 spiro atoms. The number of hydrogen-bond acceptors (Lipinski definition) is 4. The van der Waals surface area contributed by atoms with Gasteiger partial charge in [0.2, 0.25) is 0 Å². The normalized spacial score (nSPS) is 21.0. The minimum atomic E-state index is -0.504. The summed E-state index contributed by atoms with van der Waals surface area (Å²) in [6, 6.07) is 7.01. The van der Waals surface area contributed by atoms with E-state index >= 15 is 0 Å². The van der Waals surface area contributed by atoms with Crippen LogP contribution in [-0.4, -0.2) is 32.2 Å². The molecule has 1 heterocycles. The molecule has 0 aromatic heterocycles. The van der Waals surface area contributed by atoms with Gasteiger partial charge in [-0.2, -0.15) is 0 Å². The zero-order chi connectivity index (χ0) is 18.7. The lowest BCUT2D eigenvalue weighted by atomic mass is 9.94. The zero-order valence-corrected chi connectivity index (χ0v) is 15.7. The van der Waals surface area contributed by atoms with E-state index in [2.05, 4.69) is 10.6 Å². The van der Waals surface area contributed by atoms with Gasteiger partial charge in [-0.15, -0.1) is 0 Å². The van der Waals surface area contributed by atoms with E-state index in [9.17, 15) is 9.59 Å². The average Bonchev–Trinajstić information content (AvgIpc) is 2.61. The second-order valence-corrected chi connectivity index (χ2v) is 7.22. The number of anilines is 1. The van der Waals surface area contributed by atoms with Gasteiger partial charge in [-0.3, -0.25) is 0 Å². The van der Waals surface area contributed by atoms with E-state index in [1.54, 1.807) is 6.92 Å². The fraction of sp³-hybridized carbons (Fsp3) is 0.500. The van der Waals surface area contributed by atoms with Crippen LogP contribution in [0.2, 0.25) is 0 Å². The number of carbonyl (C=O) groups is 2. The first-order valence-electron chi connectivity index (χ1n) is 9.22. The number of ether oxygens (including phenoxy) is 1. The van der Waals surface area contributed by atoms with Crippen molar-refractivity contribution in [2.45, 2.75) is 51.2 Å². The molecule has 0 radical (unpaired) electrons. The van der Waals surface area contributed by atoms with Crippen LogP contribution in [0.1, 0.15) is 50.6 Å². The van der Waals surface area contributed by atoms with Crippen molar-refractivity contribution in [3.05, 3.63) is 41.1 Å². The molecule has 1 aliphatic carbocycles. The lowest BCUT2D eigenvalue weighted by Crippen LogP contribution is -2.45. The summed E-state index contributed by atoms with van der Waals surface area (Å²) >= 11 is 0. The lowest BCUT2D eigenvalue weighted by molar-refractivity contribution is -0.146. The number of amides is 2. The Kier molecular flexibility index (Phi) is 5.49. The van der Waals surface area contributed by atoms with Gasteiger partial charge in [-0.25, -0.2) is 9.59 Å². The van der Waals surface area contributed by atoms with Crippen LogP contribution in [0.25, 0.3) is 0 Å². The molecule has 140 valence electrons. The van der Waals surface area contributed by atoms with Gasteiger partial charge in [0.1, 0.15) is 6.10 Å². The second kappa shape index (κ2) is 7.81. The summed E-state index contributed by atoms with van der Waals surface area (Å²) in [7, 11) is 3.94. The first-order chi connectivity index (χ1) is 12.5. The van der Waals surface area contributed by atoms with Crippen molar-refractivity contribution in [3.8, 4) is 0 Å². The van der Waals surface area contributed by atoms with E-state index in [0.29, 0.717) is 11.3 Å². The monoisotopic (exact) mass is 357 g/mol. The number of benzene rings is 1. The Bertz CT molecular complexity index is 704. The maximum atomic E-state index is 12.9. The standard InChI is InChI=1S/C20H27N3O3/c1-13-17(19(24)26-16-7-5-4-6-8-16)18(22-20(25)21-13)14-9-11-15(12-10-14)23(2)3/h9-12,16,18H,4-8H2,1-3H3,(H2,21,22,25)/t18-/m1/s1. The van der Waals surface area contributed by atoms with Crippen molar-refractivity contribution in [2.75, 3.05) is 19.0 Å². The Morgan fingerprint density at radius 1 is 1.12 bits per heavy atom. The predicted molar refractivity (Wildman–Crippen MR) is 101 cm³/mol. The quantitative estimate of drug-likeness (QED) is 0.812. The maximum absolute atomic E-state index is 12.9. The van der Waals surface area contributed by atoms with Crippen LogP contribution in [0.15, 0.2) is 35.5 Å². The summed E-state index contributed by atoms with van der Waals surface area (Å²) in [5.41, 5.74) is 2.95. The molecule has 6 nitrogen and oxygen atoms in total. The van der Waals surface area contributed by atoms with E-state index in [4.69, 9.17) is 4.74 Å². The number of nitrogens with one attached hydrogen (secondary N) is 2. The molecule has 1 aromatic carbocycles. The molecule has 2 N–H and O–H groups in total. The van der Waals surface area contributed by atoms with Crippen LogP contribution in [0, 0.1) is 0 Å². The Labute approximate surface area is 154 Å². The Morgan fingerprint density at radius 3 is 2.38 bits per heavy atom. The van der Waals surface area contributed by atoms with Crippen molar-refractivity contribution in [1.82, 2.24) is 10.6 Å². The molecule has 3 rings (SSSR count). The van der Waals surface area contributed by atoms with Crippen molar-refractivity contribution >= 4 is 17.7 Å². The number of nitrogens with zero attached hydrogens (tertiary/aromatic N) is 1. The molecular formula is C20H27N3O3. The number of rotatable bonds is 4. The largest absolute Gasteiger partial charge is 0.459 e. The van der Waals surface area contributed by atoms with Crippen molar-refractivity contribution in [3.63, 3.8) is 0 Å². The highest BCUT2D eigenvalue weighted by Crippen LogP contribution is 2.30. The molecule has 0 saturated heterocycles. The maximum Gasteiger partial charge on any atom is 0.338 e. The minimum Gasteiger partial charge on any atom is -0.459 e. The van der Waals surface area contributed by atoms with Crippen LogP contribution in [-0.2, 0) is 9.53 Å². The number of esters is 1. The molecule has 2 aliphatic rings. The van der Waals surface area contributed by atoms with E-state index in [-0.39, 0.29) is 18.1 Å². The molecule has 26 heavy (non-hydrogen) atoms. The summed E-state index contributed by atoms with van der Waals surface area (Å²) in [5.74, 6) is -0.344. The molecule has 1 atom stereocenters. The van der Waals surface area contributed by atoms with Crippen LogP contribution < -0.4 is 15.5 Å². The van der Waals surface area contributed by atoms with Crippen LogP contribution in [0.4, 0.5) is 10.5 Å². The SMILES string of the molecule is CC1=C(C(=O)OC2CCCCC2)[C@@H](c2ccc(N(C)C)cc2)NC(=O)N1. The molecule has 1 aromatic rings. The van der Waals surface area contributed by atoms with Crippen LogP contribution in [0.3, 0.4) is 0 Å². The minimum absolute atomic E-state index is 0.0223. The van der Waals surface area contributed by atoms with Gasteiger partial charge in [-0.05, 0) is 50.3 Å². The highest BCUT2D eigenvalue weighted by molar-refractivity contribution is 5.95. The van der Waals surface area contributed by atoms with E-state index < -0.39 is 6.04 Å². The summed E-state index contributed by atoms with van der Waals surface area (Å²) in [6.07, 6.45) is 5.21. The highest BCUT2D eigenvalue weighted by atomic mass is 16.5. The number of allylic oxidation sites excluding steroid dienone is 1. The van der Waals surface area contributed by atoms with Gasteiger partial charge in [0.25, 0.3) is 0 Å². The molecule has 6 heteroatoms. The van der Waals surface area contributed by atoms with Gasteiger partial charge in [-0.1, -0.05) is 18.6 Å². The molecule has 1 saturated carbocycles. The fourth-order valence-electron chi connectivity index (χ4n) is 3.58. The van der Waals surface area contributed by atoms with Crippen LogP contribution in [0.5, 0.6) is 0 Å². The second-order valence-electron chi connectivity index (χ2n) is 7.22. The smallest absolute Gasteiger partial charge is 0.338 e. The third-order valence-electron chi connectivity index (χ3n) is 5.06. The lowest BCUT2D eigenvalue weighted by Gasteiger charge is -2.30. The molecular weight excluding hydrogens is 330 g/mol. The van der Waals surface area contributed by atoms with Gasteiger partial charge < -0.3 is 20.3 Å². The van der Waals surface area contributed by atoms with Gasteiger partial charge in [0, 0.05) is 25.5 Å². The number of hydrogen-bond donors (Lipinski definition) is 2. The summed E-state index contributed by atoms with van der Waals surface area (Å²) in [4.78, 5) is 26.8. The number of carbonyl (C=O) groups excluding carboxylic acids is 2. The van der Waals surface area contributed by atoms with E-state index in [1.807, 2.05) is 43.3 Å². The first-order valence-corrected chi connectivity index (χ1v) is 9.22. The fourth-order valence-corrected chi connectivity index (χ4v) is 3.58. The van der Waals surface area contributed by atoms with Gasteiger partial charge >= 0.3 is 12.0 Å². The first kappa shape index (κ1) is 18.3.